The Morgan fingerprint density at radius 2 is 1.82 bits per heavy atom. The number of hydrogen-bond acceptors (Lipinski definition) is 3. The maximum absolute atomic E-state index is 12.2. The lowest BCUT2D eigenvalue weighted by Gasteiger charge is -2.37. The molecule has 0 spiro atoms. The van der Waals surface area contributed by atoms with Gasteiger partial charge in [0.15, 0.2) is 0 Å². The van der Waals surface area contributed by atoms with Crippen LogP contribution in [0.25, 0.3) is 0 Å². The van der Waals surface area contributed by atoms with E-state index in [1.165, 1.54) is 12.8 Å². The van der Waals surface area contributed by atoms with Crippen molar-refractivity contribution in [3.8, 4) is 0 Å². The number of hydrogen-bond donors (Lipinski definition) is 1. The van der Waals surface area contributed by atoms with Crippen molar-refractivity contribution in [2.45, 2.75) is 63.5 Å². The zero-order valence-corrected chi connectivity index (χ0v) is 13.7. The molecule has 0 aromatic heterocycles. The summed E-state index contributed by atoms with van der Waals surface area (Å²) in [4.78, 5) is 28.5. The van der Waals surface area contributed by atoms with Gasteiger partial charge in [-0.1, -0.05) is 12.8 Å². The van der Waals surface area contributed by atoms with Crippen LogP contribution in [-0.4, -0.2) is 60.4 Å². The third kappa shape index (κ3) is 4.00. The van der Waals surface area contributed by atoms with Crippen LogP contribution in [0.2, 0.25) is 0 Å². The number of rotatable bonds is 5. The molecule has 0 aromatic carbocycles. The van der Waals surface area contributed by atoms with E-state index in [4.69, 9.17) is 0 Å². The van der Waals surface area contributed by atoms with Crippen molar-refractivity contribution >= 4 is 11.8 Å². The second-order valence-electron chi connectivity index (χ2n) is 7.30. The second-order valence-corrected chi connectivity index (χ2v) is 7.30. The van der Waals surface area contributed by atoms with Crippen molar-refractivity contribution in [1.29, 1.82) is 0 Å². The van der Waals surface area contributed by atoms with E-state index in [0.29, 0.717) is 18.5 Å². The van der Waals surface area contributed by atoms with Gasteiger partial charge in [0.1, 0.15) is 0 Å². The highest BCUT2D eigenvalue weighted by Crippen LogP contribution is 2.32. The first-order valence-corrected chi connectivity index (χ1v) is 8.92. The number of piperidine rings is 1. The third-order valence-corrected chi connectivity index (χ3v) is 5.39. The number of nitrogens with zero attached hydrogens (tertiary/aromatic N) is 2. The fourth-order valence-electron chi connectivity index (χ4n) is 3.84. The molecular weight excluding hydrogens is 278 g/mol. The summed E-state index contributed by atoms with van der Waals surface area (Å²) in [5.74, 6) is 0.747. The predicted molar refractivity (Wildman–Crippen MR) is 85.4 cm³/mol. The Bertz CT molecular complexity index is 416. The highest BCUT2D eigenvalue weighted by molar-refractivity contribution is 5.81. The lowest BCUT2D eigenvalue weighted by molar-refractivity contribution is -0.134. The molecule has 3 aliphatic rings. The van der Waals surface area contributed by atoms with Crippen molar-refractivity contribution in [2.75, 3.05) is 26.7 Å². The van der Waals surface area contributed by atoms with Gasteiger partial charge in [0.05, 0.1) is 6.54 Å². The number of carbonyl (C=O) groups excluding carboxylic acids is 2. The second kappa shape index (κ2) is 6.99. The number of nitrogens with one attached hydrogen (secondary N) is 1. The molecule has 5 nitrogen and oxygen atoms in total. The summed E-state index contributed by atoms with van der Waals surface area (Å²) in [7, 11) is 1.94. The molecule has 0 bridgehead atoms. The largest absolute Gasteiger partial charge is 0.352 e. The van der Waals surface area contributed by atoms with Gasteiger partial charge in [-0.3, -0.25) is 14.5 Å². The molecule has 2 saturated carbocycles. The summed E-state index contributed by atoms with van der Waals surface area (Å²) in [5, 5.41) is 3.16. The molecule has 124 valence electrons. The molecule has 5 heteroatoms. The molecule has 1 heterocycles. The van der Waals surface area contributed by atoms with E-state index in [0.717, 1.165) is 51.6 Å². The number of likely N-dealkylation sites (N-methyl/N-ethyl adjacent to an activating group) is 1. The SMILES string of the molecule is CN(C(=O)C1CC1)C1CCCN(CC(=O)NC2CCCC2)C1. The number of amides is 2. The van der Waals surface area contributed by atoms with Gasteiger partial charge in [0.25, 0.3) is 0 Å². The number of likely N-dealkylation sites (tertiary alicyclic amines) is 1. The predicted octanol–water partition coefficient (Wildman–Crippen LogP) is 1.38. The number of carbonyl (C=O) groups is 2. The Morgan fingerprint density at radius 3 is 2.50 bits per heavy atom. The van der Waals surface area contributed by atoms with Crippen molar-refractivity contribution in [2.24, 2.45) is 5.92 Å². The average Bonchev–Trinajstić information content (AvgIpc) is 3.24. The van der Waals surface area contributed by atoms with Gasteiger partial charge in [-0.05, 0) is 45.1 Å². The van der Waals surface area contributed by atoms with E-state index in [1.807, 2.05) is 11.9 Å². The van der Waals surface area contributed by atoms with Gasteiger partial charge in [-0.25, -0.2) is 0 Å². The van der Waals surface area contributed by atoms with Gasteiger partial charge in [0, 0.05) is 31.6 Å². The molecule has 1 atom stereocenters. The van der Waals surface area contributed by atoms with Crippen molar-refractivity contribution in [1.82, 2.24) is 15.1 Å². The first-order chi connectivity index (χ1) is 10.6. The average molecular weight is 307 g/mol. The smallest absolute Gasteiger partial charge is 0.234 e. The lowest BCUT2D eigenvalue weighted by atomic mass is 10.0. The zero-order chi connectivity index (χ0) is 15.5. The maximum Gasteiger partial charge on any atom is 0.234 e. The minimum Gasteiger partial charge on any atom is -0.352 e. The van der Waals surface area contributed by atoms with Crippen LogP contribution < -0.4 is 5.32 Å². The van der Waals surface area contributed by atoms with Crippen molar-refractivity contribution in [3.05, 3.63) is 0 Å². The van der Waals surface area contributed by atoms with E-state index in [-0.39, 0.29) is 17.9 Å². The summed E-state index contributed by atoms with van der Waals surface area (Å²) < 4.78 is 0. The summed E-state index contributed by atoms with van der Waals surface area (Å²) in [5.41, 5.74) is 0. The molecule has 2 amide bonds. The van der Waals surface area contributed by atoms with Gasteiger partial charge in [-0.15, -0.1) is 0 Å². The summed E-state index contributed by atoms with van der Waals surface area (Å²) in [6.45, 7) is 2.30. The molecule has 1 saturated heterocycles. The van der Waals surface area contributed by atoms with Crippen LogP contribution in [0.4, 0.5) is 0 Å². The Kier molecular flexibility index (Phi) is 5.01. The van der Waals surface area contributed by atoms with Crippen LogP contribution >= 0.6 is 0 Å². The Morgan fingerprint density at radius 1 is 1.09 bits per heavy atom. The highest BCUT2D eigenvalue weighted by atomic mass is 16.2. The fraction of sp³-hybridized carbons (Fsp3) is 0.882. The molecule has 22 heavy (non-hydrogen) atoms. The lowest BCUT2D eigenvalue weighted by Crippen LogP contribution is -2.51. The molecule has 3 rings (SSSR count). The van der Waals surface area contributed by atoms with Crippen LogP contribution in [0.15, 0.2) is 0 Å². The summed E-state index contributed by atoms with van der Waals surface area (Å²) in [6.07, 6.45) is 9.00. The van der Waals surface area contributed by atoms with E-state index in [2.05, 4.69) is 10.2 Å². The maximum atomic E-state index is 12.2. The van der Waals surface area contributed by atoms with Crippen LogP contribution in [0.3, 0.4) is 0 Å². The van der Waals surface area contributed by atoms with Gasteiger partial charge in [-0.2, -0.15) is 0 Å². The van der Waals surface area contributed by atoms with E-state index < -0.39 is 0 Å². The third-order valence-electron chi connectivity index (χ3n) is 5.39. The van der Waals surface area contributed by atoms with Crippen LogP contribution in [-0.2, 0) is 9.59 Å². The standard InChI is InChI=1S/C17H29N3O2/c1-19(17(22)13-8-9-13)15-7-4-10-20(11-15)12-16(21)18-14-5-2-3-6-14/h13-15H,2-12H2,1H3,(H,18,21). The first-order valence-electron chi connectivity index (χ1n) is 8.92. The topological polar surface area (TPSA) is 52.7 Å². The quantitative estimate of drug-likeness (QED) is 0.835. The molecular formula is C17H29N3O2. The zero-order valence-electron chi connectivity index (χ0n) is 13.7. The molecule has 1 aliphatic heterocycles. The van der Waals surface area contributed by atoms with Gasteiger partial charge in [0.2, 0.25) is 11.8 Å². The summed E-state index contributed by atoms with van der Waals surface area (Å²) >= 11 is 0. The van der Waals surface area contributed by atoms with E-state index in [1.54, 1.807) is 0 Å². The van der Waals surface area contributed by atoms with Gasteiger partial charge < -0.3 is 10.2 Å². The minimum absolute atomic E-state index is 0.156. The van der Waals surface area contributed by atoms with Crippen LogP contribution in [0.5, 0.6) is 0 Å². The molecule has 3 fully saturated rings. The highest BCUT2D eigenvalue weighted by Gasteiger charge is 2.36. The Hall–Kier alpha value is -1.10. The van der Waals surface area contributed by atoms with Crippen LogP contribution in [0, 0.1) is 5.92 Å². The van der Waals surface area contributed by atoms with Gasteiger partial charge >= 0.3 is 0 Å². The van der Waals surface area contributed by atoms with Crippen LogP contribution in [0.1, 0.15) is 51.4 Å². The Balaban J connectivity index is 1.45. The molecule has 0 aromatic rings. The molecule has 2 aliphatic carbocycles. The van der Waals surface area contributed by atoms with E-state index >= 15 is 0 Å². The van der Waals surface area contributed by atoms with Crippen molar-refractivity contribution < 1.29 is 9.59 Å². The van der Waals surface area contributed by atoms with Crippen molar-refractivity contribution in [3.63, 3.8) is 0 Å². The first kappa shape index (κ1) is 15.8. The minimum atomic E-state index is 0.156. The fourth-order valence-corrected chi connectivity index (χ4v) is 3.84. The van der Waals surface area contributed by atoms with E-state index in [9.17, 15) is 9.59 Å². The Labute approximate surface area is 133 Å². The molecule has 0 radical (unpaired) electrons. The summed E-state index contributed by atoms with van der Waals surface area (Å²) in [6, 6.07) is 0.674. The molecule has 1 N–H and O–H groups in total. The monoisotopic (exact) mass is 307 g/mol. The normalized spacial score (nSPS) is 26.9. The molecule has 1 unspecified atom stereocenters.